The van der Waals surface area contributed by atoms with Crippen LogP contribution in [0.15, 0.2) is 72.8 Å². The van der Waals surface area contributed by atoms with Crippen LogP contribution in [0.2, 0.25) is 15.1 Å². The van der Waals surface area contributed by atoms with Crippen LogP contribution in [0.1, 0.15) is 18.4 Å². The number of nitro groups is 3. The van der Waals surface area contributed by atoms with Crippen LogP contribution in [0, 0.1) is 30.3 Å². The van der Waals surface area contributed by atoms with Gasteiger partial charge < -0.3 is 24.6 Å². The van der Waals surface area contributed by atoms with Crippen molar-refractivity contribution in [1.82, 2.24) is 0 Å². The third-order valence-corrected chi connectivity index (χ3v) is 8.19. The molecule has 266 valence electrons. The second-order valence-corrected chi connectivity index (χ2v) is 12.0. The summed E-state index contributed by atoms with van der Waals surface area (Å²) >= 11 is 17.6. The molecular weight excluding hydrogens is 715 g/mol. The van der Waals surface area contributed by atoms with E-state index in [2.05, 4.69) is 5.32 Å². The van der Waals surface area contributed by atoms with Crippen molar-refractivity contribution in [2.45, 2.75) is 19.4 Å². The van der Waals surface area contributed by atoms with Crippen molar-refractivity contribution in [3.8, 4) is 11.5 Å². The van der Waals surface area contributed by atoms with Gasteiger partial charge in [-0.3, -0.25) is 30.3 Å². The third-order valence-electron chi connectivity index (χ3n) is 7.29. The van der Waals surface area contributed by atoms with Crippen LogP contribution in [0.5, 0.6) is 11.5 Å². The molecule has 0 aliphatic carbocycles. The number of methoxy groups -OCH3 is 2. The topological polar surface area (TPSA) is 166 Å². The van der Waals surface area contributed by atoms with Gasteiger partial charge in [-0.15, -0.1) is 0 Å². The van der Waals surface area contributed by atoms with Gasteiger partial charge in [0.05, 0.1) is 44.1 Å². The summed E-state index contributed by atoms with van der Waals surface area (Å²) in [5.41, 5.74) is 2.42. The van der Waals surface area contributed by atoms with Gasteiger partial charge in [0.2, 0.25) is 0 Å². The highest BCUT2D eigenvalue weighted by atomic mass is 35.5. The summed E-state index contributed by atoms with van der Waals surface area (Å²) in [6, 6.07) is 20.0. The fourth-order valence-corrected chi connectivity index (χ4v) is 5.73. The van der Waals surface area contributed by atoms with E-state index in [0.717, 1.165) is 31.5 Å². The van der Waals surface area contributed by atoms with Crippen LogP contribution < -0.4 is 24.6 Å². The first-order valence-electron chi connectivity index (χ1n) is 15.0. The lowest BCUT2D eigenvalue weighted by Crippen LogP contribution is -2.19. The molecule has 17 heteroatoms. The van der Waals surface area contributed by atoms with Gasteiger partial charge in [-0.1, -0.05) is 71.2 Å². The van der Waals surface area contributed by atoms with Gasteiger partial charge in [0.15, 0.2) is 0 Å². The first kappa shape index (κ1) is 39.4. The van der Waals surface area contributed by atoms with Crippen molar-refractivity contribution in [2.24, 2.45) is 0 Å². The van der Waals surface area contributed by atoms with Crippen LogP contribution in [0.25, 0.3) is 0 Å². The van der Waals surface area contributed by atoms with Gasteiger partial charge in [-0.2, -0.15) is 0 Å². The van der Waals surface area contributed by atoms with Crippen LogP contribution >= 0.6 is 34.8 Å². The molecule has 0 saturated carbocycles. The number of anilines is 3. The molecule has 1 saturated heterocycles. The molecule has 0 atom stereocenters. The Balaban J connectivity index is 0.000000208. The van der Waals surface area contributed by atoms with E-state index in [-0.39, 0.29) is 27.1 Å². The van der Waals surface area contributed by atoms with E-state index >= 15 is 0 Å². The lowest BCUT2D eigenvalue weighted by molar-refractivity contribution is -0.384. The van der Waals surface area contributed by atoms with Gasteiger partial charge in [0.25, 0.3) is 17.1 Å². The second kappa shape index (κ2) is 18.6. The molecule has 1 fully saturated rings. The molecule has 0 aromatic heterocycles. The first-order valence-corrected chi connectivity index (χ1v) is 16.1. The van der Waals surface area contributed by atoms with E-state index in [4.69, 9.17) is 44.3 Å². The third kappa shape index (κ3) is 10.5. The standard InChI is InChI=1S/C14H13ClN2O3.C11H13ClN2O3.C8H9ClN2O2/c1-20-14-8-12(13(17(18)19)7-11(14)15)16-9-10-5-3-2-4-6-10;1-17-11-7-9(13-4-2-3-5-13)10(14(15)16)6-8(11)12;1-10(2)8-6(9)4-3-5-7(8)11(12)13/h2-8,16H,9H2,1H3;6-7H,2-5H2,1H3;3-5H,1-2H3. The number of benzene rings is 4. The molecule has 1 N–H and O–H groups in total. The number of nitrogens with one attached hydrogen (secondary N) is 1. The maximum Gasteiger partial charge on any atom is 0.294 e. The highest BCUT2D eigenvalue weighted by Crippen LogP contribution is 2.39. The van der Waals surface area contributed by atoms with Gasteiger partial charge in [-0.25, -0.2) is 0 Å². The quantitative estimate of drug-likeness (QED) is 0.121. The summed E-state index contributed by atoms with van der Waals surface area (Å²) in [6.07, 6.45) is 2.12. The fraction of sp³-hybridized carbons (Fsp3) is 0.273. The molecule has 5 rings (SSSR count). The van der Waals surface area contributed by atoms with Crippen molar-refractivity contribution in [3.05, 3.63) is 124 Å². The molecular formula is C33H35Cl3N6O8. The molecule has 1 aliphatic rings. The Morgan fingerprint density at radius 2 is 1.26 bits per heavy atom. The van der Waals surface area contributed by atoms with Crippen LogP contribution in [-0.4, -0.2) is 56.2 Å². The van der Waals surface area contributed by atoms with Crippen molar-refractivity contribution in [3.63, 3.8) is 0 Å². The van der Waals surface area contributed by atoms with E-state index < -0.39 is 14.8 Å². The Morgan fingerprint density at radius 1 is 0.720 bits per heavy atom. The fourth-order valence-electron chi connectivity index (χ4n) is 4.93. The molecule has 4 aromatic rings. The molecule has 0 radical (unpaired) electrons. The molecule has 1 aliphatic heterocycles. The van der Waals surface area contributed by atoms with Gasteiger partial charge in [0.1, 0.15) is 28.6 Å². The Bertz CT molecular complexity index is 1810. The van der Waals surface area contributed by atoms with Gasteiger partial charge in [0, 0.05) is 64.1 Å². The van der Waals surface area contributed by atoms with Crippen LogP contribution in [0.4, 0.5) is 34.1 Å². The van der Waals surface area contributed by atoms with Crippen LogP contribution in [-0.2, 0) is 6.54 Å². The van der Waals surface area contributed by atoms with E-state index in [1.165, 1.54) is 38.5 Å². The highest BCUT2D eigenvalue weighted by molar-refractivity contribution is 6.34. The maximum atomic E-state index is 11.1. The Morgan fingerprint density at radius 3 is 1.76 bits per heavy atom. The van der Waals surface area contributed by atoms with Gasteiger partial charge >= 0.3 is 0 Å². The summed E-state index contributed by atoms with van der Waals surface area (Å²) in [6.45, 7) is 2.16. The van der Waals surface area contributed by atoms with Crippen molar-refractivity contribution in [2.75, 3.05) is 56.5 Å². The molecule has 14 nitrogen and oxygen atoms in total. The maximum absolute atomic E-state index is 11.1. The van der Waals surface area contributed by atoms with Crippen molar-refractivity contribution < 1.29 is 24.2 Å². The zero-order valence-electron chi connectivity index (χ0n) is 27.6. The predicted octanol–water partition coefficient (Wildman–Crippen LogP) is 9.04. The average molecular weight is 750 g/mol. The lowest BCUT2D eigenvalue weighted by Gasteiger charge is -2.18. The van der Waals surface area contributed by atoms with Crippen LogP contribution in [0.3, 0.4) is 0 Å². The van der Waals surface area contributed by atoms with E-state index in [1.807, 2.05) is 35.2 Å². The summed E-state index contributed by atoms with van der Waals surface area (Å²) in [5.74, 6) is 0.868. The second-order valence-electron chi connectivity index (χ2n) is 10.8. The molecule has 50 heavy (non-hydrogen) atoms. The minimum atomic E-state index is -0.474. The molecule has 1 heterocycles. The number of nitrogens with zero attached hydrogens (tertiary/aromatic N) is 5. The summed E-state index contributed by atoms with van der Waals surface area (Å²) in [7, 11) is 6.40. The number of hydrogen-bond acceptors (Lipinski definition) is 11. The number of ether oxygens (including phenoxy) is 2. The smallest absolute Gasteiger partial charge is 0.294 e. The first-order chi connectivity index (χ1) is 23.8. The summed E-state index contributed by atoms with van der Waals surface area (Å²) < 4.78 is 10.2. The normalized spacial score (nSPS) is 11.7. The average Bonchev–Trinajstić information content (AvgIpc) is 3.63. The molecule has 0 spiro atoms. The van der Waals surface area contributed by atoms with Gasteiger partial charge in [-0.05, 0) is 24.5 Å². The van der Waals surface area contributed by atoms with E-state index in [1.54, 1.807) is 37.2 Å². The number of para-hydroxylation sites is 1. The number of halogens is 3. The minimum absolute atomic E-state index is 0.0255. The number of nitro benzene ring substituents is 3. The molecule has 0 amide bonds. The molecule has 4 aromatic carbocycles. The van der Waals surface area contributed by atoms with Crippen molar-refractivity contribution >= 4 is 68.9 Å². The zero-order chi connectivity index (χ0) is 37.0. The van der Waals surface area contributed by atoms with E-state index in [0.29, 0.717) is 40.1 Å². The summed E-state index contributed by atoms with van der Waals surface area (Å²) in [4.78, 5) is 35.0. The largest absolute Gasteiger partial charge is 0.495 e. The predicted molar refractivity (Wildman–Crippen MR) is 197 cm³/mol. The SMILES string of the molecule is CN(C)c1c(Cl)cccc1[N+](=O)[O-].COc1cc(N2CCCC2)c([N+](=O)[O-])cc1Cl.COc1cc(NCc2ccccc2)c([N+](=O)[O-])cc1Cl. The number of rotatable bonds is 10. The molecule has 0 bridgehead atoms. The van der Waals surface area contributed by atoms with E-state index in [9.17, 15) is 30.3 Å². The summed E-state index contributed by atoms with van der Waals surface area (Å²) in [5, 5.41) is 36.6. The zero-order valence-corrected chi connectivity index (χ0v) is 29.9. The monoisotopic (exact) mass is 748 g/mol. The number of hydrogen-bond donors (Lipinski definition) is 1. The lowest BCUT2D eigenvalue weighted by atomic mass is 10.2. The Labute approximate surface area is 303 Å². The van der Waals surface area contributed by atoms with Crippen molar-refractivity contribution in [1.29, 1.82) is 0 Å². The Hall–Kier alpha value is -5.05. The Kier molecular flexibility index (Phi) is 14.7. The minimum Gasteiger partial charge on any atom is -0.495 e. The molecule has 0 unspecified atom stereocenters. The highest BCUT2D eigenvalue weighted by Gasteiger charge is 2.25.